The Kier molecular flexibility index (Phi) is 11.1. The van der Waals surface area contributed by atoms with E-state index >= 15 is 0 Å². The summed E-state index contributed by atoms with van der Waals surface area (Å²) in [4.78, 5) is 38.6. The third-order valence-corrected chi connectivity index (χ3v) is 8.63. The van der Waals surface area contributed by atoms with E-state index in [1.54, 1.807) is 0 Å². The number of sulfonamides is 1. The van der Waals surface area contributed by atoms with Crippen molar-refractivity contribution in [3.63, 3.8) is 0 Å². The fourth-order valence-electron chi connectivity index (χ4n) is 4.21. The van der Waals surface area contributed by atoms with Gasteiger partial charge in [0.2, 0.25) is 11.8 Å². The van der Waals surface area contributed by atoms with Crippen molar-refractivity contribution in [3.8, 4) is 5.75 Å². The average molecular weight is 635 g/mol. The summed E-state index contributed by atoms with van der Waals surface area (Å²) in [7, 11) is -3.35. The molecule has 0 bridgehead atoms. The Balaban J connectivity index is 2.15. The van der Waals surface area contributed by atoms with E-state index in [0.717, 1.165) is 10.4 Å². The molecular formula is C29H32ClFN4O7S. The average Bonchev–Trinajstić information content (AvgIpc) is 2.97. The molecule has 43 heavy (non-hydrogen) atoms. The number of aryl methyl sites for hydroxylation is 1. The van der Waals surface area contributed by atoms with E-state index in [1.165, 1.54) is 80.5 Å². The van der Waals surface area contributed by atoms with Crippen LogP contribution in [-0.2, 0) is 26.2 Å². The number of rotatable bonds is 13. The number of nitrogens with one attached hydrogen (secondary N) is 1. The Hall–Kier alpha value is -4.23. The van der Waals surface area contributed by atoms with E-state index in [2.05, 4.69) is 5.32 Å². The molecular weight excluding hydrogens is 603 g/mol. The lowest BCUT2D eigenvalue weighted by atomic mass is 10.1. The summed E-state index contributed by atoms with van der Waals surface area (Å²) in [5.41, 5.74) is 0.207. The Morgan fingerprint density at radius 2 is 1.79 bits per heavy atom. The molecule has 0 heterocycles. The van der Waals surface area contributed by atoms with Crippen LogP contribution in [0.4, 0.5) is 15.8 Å². The molecule has 1 N–H and O–H groups in total. The lowest BCUT2D eigenvalue weighted by Gasteiger charge is -2.32. The van der Waals surface area contributed by atoms with E-state index in [1.807, 2.05) is 6.92 Å². The van der Waals surface area contributed by atoms with Gasteiger partial charge in [0.25, 0.3) is 15.7 Å². The smallest absolute Gasteiger partial charge is 0.273 e. The van der Waals surface area contributed by atoms with Gasteiger partial charge in [0, 0.05) is 29.7 Å². The van der Waals surface area contributed by atoms with Gasteiger partial charge in [0.1, 0.15) is 24.2 Å². The fraction of sp³-hybridized carbons (Fsp3) is 0.310. The summed E-state index contributed by atoms with van der Waals surface area (Å²) in [6.07, 6.45) is 0.646. The maximum atomic E-state index is 14.1. The van der Waals surface area contributed by atoms with E-state index in [9.17, 15) is 32.5 Å². The molecule has 2 amide bonds. The summed E-state index contributed by atoms with van der Waals surface area (Å²) in [5.74, 6) is -1.69. The van der Waals surface area contributed by atoms with Gasteiger partial charge >= 0.3 is 0 Å². The largest absolute Gasteiger partial charge is 0.495 e. The molecule has 0 aliphatic heterocycles. The highest BCUT2D eigenvalue weighted by atomic mass is 35.5. The van der Waals surface area contributed by atoms with Gasteiger partial charge < -0.3 is 15.0 Å². The summed E-state index contributed by atoms with van der Waals surface area (Å²) in [6.45, 7) is 4.21. The maximum Gasteiger partial charge on any atom is 0.273 e. The van der Waals surface area contributed by atoms with Crippen LogP contribution in [0.25, 0.3) is 0 Å². The molecule has 3 aromatic carbocycles. The molecule has 0 fully saturated rings. The molecule has 3 rings (SSSR count). The zero-order valence-corrected chi connectivity index (χ0v) is 25.6. The van der Waals surface area contributed by atoms with E-state index < -0.39 is 55.7 Å². The first kappa shape index (κ1) is 33.3. The first-order valence-electron chi connectivity index (χ1n) is 13.2. The molecule has 0 radical (unpaired) electrons. The number of anilines is 1. The topological polar surface area (TPSA) is 139 Å². The van der Waals surface area contributed by atoms with Gasteiger partial charge in [0.05, 0.1) is 22.6 Å². The Morgan fingerprint density at radius 1 is 1.12 bits per heavy atom. The van der Waals surface area contributed by atoms with Gasteiger partial charge in [-0.15, -0.1) is 0 Å². The van der Waals surface area contributed by atoms with Crippen molar-refractivity contribution in [1.82, 2.24) is 10.2 Å². The van der Waals surface area contributed by atoms with E-state index in [-0.39, 0.29) is 28.6 Å². The molecule has 0 aromatic heterocycles. The van der Waals surface area contributed by atoms with Crippen molar-refractivity contribution in [2.75, 3.05) is 24.5 Å². The van der Waals surface area contributed by atoms with Gasteiger partial charge in [-0.1, -0.05) is 36.7 Å². The minimum absolute atomic E-state index is 0.0567. The number of carbonyl (C=O) groups is 2. The first-order valence-corrected chi connectivity index (χ1v) is 15.0. The Morgan fingerprint density at radius 3 is 2.40 bits per heavy atom. The molecule has 230 valence electrons. The van der Waals surface area contributed by atoms with Crippen LogP contribution in [-0.4, -0.2) is 56.3 Å². The van der Waals surface area contributed by atoms with Crippen molar-refractivity contribution in [2.24, 2.45) is 0 Å². The predicted molar refractivity (Wildman–Crippen MR) is 160 cm³/mol. The van der Waals surface area contributed by atoms with Crippen LogP contribution < -0.4 is 14.4 Å². The number of nitrogens with zero attached hydrogens (tertiary/aromatic N) is 3. The lowest BCUT2D eigenvalue weighted by Crippen LogP contribution is -2.51. The van der Waals surface area contributed by atoms with Gasteiger partial charge in [-0.2, -0.15) is 0 Å². The molecule has 11 nitrogen and oxygen atoms in total. The van der Waals surface area contributed by atoms with E-state index in [4.69, 9.17) is 16.3 Å². The fourth-order valence-corrected chi connectivity index (χ4v) is 5.81. The van der Waals surface area contributed by atoms with Crippen LogP contribution in [0.1, 0.15) is 31.4 Å². The third kappa shape index (κ3) is 7.99. The van der Waals surface area contributed by atoms with Gasteiger partial charge in [-0.3, -0.25) is 24.0 Å². The highest BCUT2D eigenvalue weighted by Crippen LogP contribution is 2.36. The molecule has 14 heteroatoms. The van der Waals surface area contributed by atoms with Gasteiger partial charge in [-0.05, 0) is 62.2 Å². The van der Waals surface area contributed by atoms with Crippen molar-refractivity contribution in [3.05, 3.63) is 92.7 Å². The molecule has 1 atom stereocenters. The zero-order valence-electron chi connectivity index (χ0n) is 24.0. The molecule has 0 aliphatic carbocycles. The number of amides is 2. The van der Waals surface area contributed by atoms with Crippen LogP contribution in [0, 0.1) is 22.9 Å². The standard InChI is InChI=1S/C29H32ClFN4O7S/c1-5-14-32-29(37)20(3)33(17-21-7-10-23(31)11-8-21)28(36)18-34(26-15-22(30)9-13-27(26)42-4)43(40,41)24-12-6-19(2)25(16-24)35(38)39/h6-13,15-16,20H,5,14,17-18H2,1-4H3,(H,32,37)/t20-/m0/s1. The van der Waals surface area contributed by atoms with Crippen LogP contribution >= 0.6 is 11.6 Å². The van der Waals surface area contributed by atoms with E-state index in [0.29, 0.717) is 18.5 Å². The van der Waals surface area contributed by atoms with Gasteiger partial charge in [-0.25, -0.2) is 12.8 Å². The number of methoxy groups -OCH3 is 1. The first-order chi connectivity index (χ1) is 20.3. The number of benzene rings is 3. The third-order valence-electron chi connectivity index (χ3n) is 6.64. The molecule has 0 saturated carbocycles. The van der Waals surface area contributed by atoms with Crippen molar-refractivity contribution < 1.29 is 32.1 Å². The number of hydrogen-bond donors (Lipinski definition) is 1. The predicted octanol–water partition coefficient (Wildman–Crippen LogP) is 4.84. The SMILES string of the molecule is CCCNC(=O)[C@H](C)N(Cc1ccc(F)cc1)C(=O)CN(c1cc(Cl)ccc1OC)S(=O)(=O)c1ccc(C)c([N+](=O)[O-])c1. The van der Waals surface area contributed by atoms with Crippen LogP contribution in [0.2, 0.25) is 5.02 Å². The summed E-state index contributed by atoms with van der Waals surface area (Å²) >= 11 is 6.22. The molecule has 0 unspecified atom stereocenters. The Labute approximate surface area is 254 Å². The highest BCUT2D eigenvalue weighted by molar-refractivity contribution is 7.92. The second-order valence-corrected chi connectivity index (χ2v) is 11.9. The lowest BCUT2D eigenvalue weighted by molar-refractivity contribution is -0.385. The van der Waals surface area contributed by atoms with Gasteiger partial charge in [0.15, 0.2) is 0 Å². The monoisotopic (exact) mass is 634 g/mol. The normalized spacial score (nSPS) is 11.9. The number of nitro groups is 1. The molecule has 0 spiro atoms. The Bertz CT molecular complexity index is 1600. The number of ether oxygens (including phenoxy) is 1. The quantitative estimate of drug-likeness (QED) is 0.210. The summed E-state index contributed by atoms with van der Waals surface area (Å²) in [5, 5.41) is 14.5. The summed E-state index contributed by atoms with van der Waals surface area (Å²) in [6, 6.07) is 11.8. The number of nitro benzene ring substituents is 1. The van der Waals surface area contributed by atoms with Crippen molar-refractivity contribution in [1.29, 1.82) is 0 Å². The molecule has 0 aliphatic rings. The minimum atomic E-state index is -4.65. The second-order valence-electron chi connectivity index (χ2n) is 9.65. The van der Waals surface area contributed by atoms with Crippen LogP contribution in [0.3, 0.4) is 0 Å². The highest BCUT2D eigenvalue weighted by Gasteiger charge is 2.35. The maximum absolute atomic E-state index is 14.1. The zero-order chi connectivity index (χ0) is 31.9. The van der Waals surface area contributed by atoms with Crippen molar-refractivity contribution in [2.45, 2.75) is 44.7 Å². The molecule has 0 saturated heterocycles. The van der Waals surface area contributed by atoms with Crippen LogP contribution in [0.5, 0.6) is 5.75 Å². The number of hydrogen-bond acceptors (Lipinski definition) is 7. The minimum Gasteiger partial charge on any atom is -0.495 e. The number of carbonyl (C=O) groups excluding carboxylic acids is 2. The summed E-state index contributed by atoms with van der Waals surface area (Å²) < 4.78 is 47.9. The van der Waals surface area contributed by atoms with Crippen LogP contribution in [0.15, 0.2) is 65.6 Å². The molecule has 3 aromatic rings. The van der Waals surface area contributed by atoms with Crippen molar-refractivity contribution >= 4 is 44.8 Å². The second kappa shape index (κ2) is 14.3. The number of halogens is 2.